The molecule has 4 rings (SSSR count). The molecule has 1 atom stereocenters. The van der Waals surface area contributed by atoms with Gasteiger partial charge in [-0.1, -0.05) is 48.5 Å². The Morgan fingerprint density at radius 1 is 1.09 bits per heavy atom. The van der Waals surface area contributed by atoms with E-state index in [1.807, 2.05) is 0 Å². The molecule has 0 bridgehead atoms. The quantitative estimate of drug-likeness (QED) is 0.816. The van der Waals surface area contributed by atoms with Gasteiger partial charge < -0.3 is 4.74 Å². The first kappa shape index (κ1) is 13.5. The van der Waals surface area contributed by atoms with E-state index in [0.717, 1.165) is 0 Å². The smallest absolute Gasteiger partial charge is 0.327 e. The van der Waals surface area contributed by atoms with Gasteiger partial charge in [-0.05, 0) is 29.2 Å². The molecule has 2 aliphatic rings. The molecule has 4 nitrogen and oxygen atoms in total. The van der Waals surface area contributed by atoms with Crippen LogP contribution in [0.3, 0.4) is 0 Å². The second-order valence-corrected chi connectivity index (χ2v) is 5.71. The summed E-state index contributed by atoms with van der Waals surface area (Å²) in [6, 6.07) is 16.5. The predicted octanol–water partition coefficient (Wildman–Crippen LogP) is 2.94. The van der Waals surface area contributed by atoms with Crippen molar-refractivity contribution in [1.29, 1.82) is 0 Å². The van der Waals surface area contributed by atoms with E-state index in [1.54, 1.807) is 12.0 Å². The van der Waals surface area contributed by atoms with Crippen LogP contribution in [-0.4, -0.2) is 30.4 Å². The molecular weight excluding hydrogens is 278 g/mol. The fourth-order valence-corrected chi connectivity index (χ4v) is 3.24. The fourth-order valence-electron chi connectivity index (χ4n) is 3.24. The van der Waals surface area contributed by atoms with Gasteiger partial charge >= 0.3 is 5.97 Å². The Labute approximate surface area is 129 Å². The number of hydrogen-bond acceptors (Lipinski definition) is 4. The molecule has 1 saturated heterocycles. The van der Waals surface area contributed by atoms with Crippen molar-refractivity contribution in [2.75, 3.05) is 13.3 Å². The van der Waals surface area contributed by atoms with E-state index in [-0.39, 0.29) is 24.7 Å². The predicted molar refractivity (Wildman–Crippen MR) is 81.9 cm³/mol. The second kappa shape index (κ2) is 5.23. The zero-order chi connectivity index (χ0) is 15.1. The molecule has 2 aromatic carbocycles. The van der Waals surface area contributed by atoms with Gasteiger partial charge in [-0.15, -0.1) is 5.06 Å². The summed E-state index contributed by atoms with van der Waals surface area (Å²) in [6.45, 7) is 2.51. The van der Waals surface area contributed by atoms with Gasteiger partial charge in [0, 0.05) is 5.92 Å². The van der Waals surface area contributed by atoms with Crippen LogP contribution < -0.4 is 0 Å². The standard InChI is InChI=1S/C18H17NO3/c1-12-18(20)21-11-19(12)22-10-17-15-8-4-2-6-13(15)14-7-3-5-9-16(14)17/h2-9,12,17H,10-11H2,1H3. The lowest BCUT2D eigenvalue weighted by Gasteiger charge is -2.20. The maximum atomic E-state index is 11.4. The molecule has 112 valence electrons. The molecule has 4 heteroatoms. The third kappa shape index (κ3) is 2.03. The molecule has 2 aromatic rings. The summed E-state index contributed by atoms with van der Waals surface area (Å²) in [6.07, 6.45) is 0. The number of benzene rings is 2. The molecule has 0 aromatic heterocycles. The van der Waals surface area contributed by atoms with Gasteiger partial charge in [-0.3, -0.25) is 9.63 Å². The molecule has 1 aliphatic heterocycles. The highest BCUT2D eigenvalue weighted by molar-refractivity contribution is 5.79. The minimum Gasteiger partial charge on any atom is -0.446 e. The number of rotatable bonds is 3. The molecule has 1 unspecified atom stereocenters. The Bertz CT molecular complexity index is 682. The summed E-state index contributed by atoms with van der Waals surface area (Å²) in [5.41, 5.74) is 5.10. The molecule has 1 fully saturated rings. The fraction of sp³-hybridized carbons (Fsp3) is 0.278. The largest absolute Gasteiger partial charge is 0.446 e. The average Bonchev–Trinajstić information content (AvgIpc) is 3.05. The number of carbonyl (C=O) groups is 1. The van der Waals surface area contributed by atoms with Gasteiger partial charge in [0.25, 0.3) is 0 Å². The van der Waals surface area contributed by atoms with Crippen LogP contribution >= 0.6 is 0 Å². The third-order valence-electron chi connectivity index (χ3n) is 4.48. The number of hydroxylamine groups is 2. The second-order valence-electron chi connectivity index (χ2n) is 5.71. The van der Waals surface area contributed by atoms with Crippen molar-refractivity contribution < 1.29 is 14.4 Å². The van der Waals surface area contributed by atoms with Crippen LogP contribution in [0.5, 0.6) is 0 Å². The number of carbonyl (C=O) groups excluding carboxylic acids is 1. The highest BCUT2D eigenvalue weighted by Crippen LogP contribution is 2.44. The molecule has 22 heavy (non-hydrogen) atoms. The molecule has 0 radical (unpaired) electrons. The number of esters is 1. The van der Waals surface area contributed by atoms with Gasteiger partial charge in [-0.2, -0.15) is 0 Å². The number of nitrogens with zero attached hydrogens (tertiary/aromatic N) is 1. The maximum Gasteiger partial charge on any atom is 0.327 e. The Kier molecular flexibility index (Phi) is 3.21. The van der Waals surface area contributed by atoms with Gasteiger partial charge in [0.1, 0.15) is 6.04 Å². The van der Waals surface area contributed by atoms with Crippen LogP contribution in [0.4, 0.5) is 0 Å². The summed E-state index contributed by atoms with van der Waals surface area (Å²) in [7, 11) is 0. The summed E-state index contributed by atoms with van der Waals surface area (Å²) in [5.74, 6) is -0.0393. The lowest BCUT2D eigenvalue weighted by atomic mass is 9.98. The molecule has 0 N–H and O–H groups in total. The van der Waals surface area contributed by atoms with Gasteiger partial charge in [0.2, 0.25) is 0 Å². The summed E-state index contributed by atoms with van der Waals surface area (Å²) in [5, 5.41) is 1.62. The SMILES string of the molecule is CC1C(=O)OCN1OCC1c2ccccc2-c2ccccc21. The van der Waals surface area contributed by atoms with Crippen molar-refractivity contribution in [1.82, 2.24) is 5.06 Å². The van der Waals surface area contributed by atoms with Crippen molar-refractivity contribution in [2.24, 2.45) is 0 Å². The molecule has 0 amide bonds. The molecule has 0 saturated carbocycles. The average molecular weight is 295 g/mol. The van der Waals surface area contributed by atoms with Crippen molar-refractivity contribution in [3.63, 3.8) is 0 Å². The minimum atomic E-state index is -0.341. The van der Waals surface area contributed by atoms with E-state index in [9.17, 15) is 4.79 Å². The van der Waals surface area contributed by atoms with Gasteiger partial charge in [0.05, 0.1) is 6.61 Å². The lowest BCUT2D eigenvalue weighted by Crippen LogP contribution is -2.31. The van der Waals surface area contributed by atoms with E-state index in [0.29, 0.717) is 6.61 Å². The Morgan fingerprint density at radius 2 is 1.68 bits per heavy atom. The highest BCUT2D eigenvalue weighted by Gasteiger charge is 2.34. The monoisotopic (exact) mass is 295 g/mol. The minimum absolute atomic E-state index is 0.190. The van der Waals surface area contributed by atoms with Crippen molar-refractivity contribution in [2.45, 2.75) is 18.9 Å². The molecule has 1 heterocycles. The van der Waals surface area contributed by atoms with Crippen molar-refractivity contribution in [3.05, 3.63) is 59.7 Å². The van der Waals surface area contributed by atoms with Crippen molar-refractivity contribution >= 4 is 5.97 Å². The van der Waals surface area contributed by atoms with Crippen LogP contribution in [0.1, 0.15) is 24.0 Å². The van der Waals surface area contributed by atoms with E-state index >= 15 is 0 Å². The number of fused-ring (bicyclic) bond motifs is 3. The zero-order valence-electron chi connectivity index (χ0n) is 12.4. The topological polar surface area (TPSA) is 38.8 Å². The van der Waals surface area contributed by atoms with E-state index in [4.69, 9.17) is 9.57 Å². The summed E-state index contributed by atoms with van der Waals surface area (Å²) in [4.78, 5) is 17.3. The molecular formula is C18H17NO3. The van der Waals surface area contributed by atoms with Crippen LogP contribution in [0.15, 0.2) is 48.5 Å². The number of hydrogen-bond donors (Lipinski definition) is 0. The molecule has 1 aliphatic carbocycles. The first-order valence-corrected chi connectivity index (χ1v) is 7.50. The van der Waals surface area contributed by atoms with Crippen LogP contribution in [0, 0.1) is 0 Å². The van der Waals surface area contributed by atoms with Crippen LogP contribution in [0.25, 0.3) is 11.1 Å². The lowest BCUT2D eigenvalue weighted by molar-refractivity contribution is -0.181. The first-order chi connectivity index (χ1) is 10.8. The van der Waals surface area contributed by atoms with Crippen LogP contribution in [0.2, 0.25) is 0 Å². The third-order valence-corrected chi connectivity index (χ3v) is 4.48. The Balaban J connectivity index is 1.61. The van der Waals surface area contributed by atoms with E-state index in [1.165, 1.54) is 22.3 Å². The zero-order valence-corrected chi connectivity index (χ0v) is 12.4. The Hall–Kier alpha value is -2.17. The van der Waals surface area contributed by atoms with Gasteiger partial charge in [0.15, 0.2) is 6.73 Å². The normalized spacial score (nSPS) is 20.8. The van der Waals surface area contributed by atoms with E-state index in [2.05, 4.69) is 48.5 Å². The van der Waals surface area contributed by atoms with Crippen molar-refractivity contribution in [3.8, 4) is 11.1 Å². The molecule has 0 spiro atoms. The number of cyclic esters (lactones) is 1. The highest BCUT2D eigenvalue weighted by atomic mass is 16.7. The van der Waals surface area contributed by atoms with E-state index < -0.39 is 0 Å². The number of ether oxygens (including phenoxy) is 1. The first-order valence-electron chi connectivity index (χ1n) is 7.50. The van der Waals surface area contributed by atoms with Gasteiger partial charge in [-0.25, -0.2) is 0 Å². The van der Waals surface area contributed by atoms with Crippen LogP contribution in [-0.2, 0) is 14.4 Å². The summed E-state index contributed by atoms with van der Waals surface area (Å²) >= 11 is 0. The Morgan fingerprint density at radius 3 is 2.23 bits per heavy atom. The maximum absolute atomic E-state index is 11.4. The summed E-state index contributed by atoms with van der Waals surface area (Å²) < 4.78 is 4.99.